The number of benzene rings is 1. The number of alkyl halides is 3. The molecule has 2 aromatic rings. The Kier molecular flexibility index (Phi) is 3.98. The van der Waals surface area contributed by atoms with Crippen molar-refractivity contribution in [1.29, 1.82) is 5.26 Å². The van der Waals surface area contributed by atoms with Gasteiger partial charge in [-0.2, -0.15) is 18.4 Å². The van der Waals surface area contributed by atoms with E-state index < -0.39 is 11.7 Å². The molecule has 21 heavy (non-hydrogen) atoms. The summed E-state index contributed by atoms with van der Waals surface area (Å²) in [5.41, 5.74) is 5.31. The van der Waals surface area contributed by atoms with Crippen LogP contribution in [0.1, 0.15) is 16.8 Å². The van der Waals surface area contributed by atoms with Gasteiger partial charge < -0.3 is 10.5 Å². The highest BCUT2D eigenvalue weighted by Crippen LogP contribution is 2.33. The number of nitriles is 1. The van der Waals surface area contributed by atoms with Crippen LogP contribution in [-0.2, 0) is 12.8 Å². The van der Waals surface area contributed by atoms with E-state index >= 15 is 0 Å². The summed E-state index contributed by atoms with van der Waals surface area (Å²) in [5.74, 6) is 0.121. The Balaban J connectivity index is 2.16. The molecule has 0 radical (unpaired) electrons. The maximum Gasteiger partial charge on any atom is 0.416 e. The summed E-state index contributed by atoms with van der Waals surface area (Å²) in [5, 5.41) is 8.88. The highest BCUT2D eigenvalue weighted by molar-refractivity contribution is 5.54. The number of nitrogens with two attached hydrogens (primary N) is 1. The van der Waals surface area contributed by atoms with Crippen LogP contribution in [0, 0.1) is 11.3 Å². The second-order valence-electron chi connectivity index (χ2n) is 4.16. The molecule has 0 bridgehead atoms. The SMILES string of the molecule is N#Cc1ncccc1COc1ccc(C(F)(F)F)cc1N. The van der Waals surface area contributed by atoms with Gasteiger partial charge in [-0.05, 0) is 24.3 Å². The van der Waals surface area contributed by atoms with E-state index in [-0.39, 0.29) is 23.7 Å². The summed E-state index contributed by atoms with van der Waals surface area (Å²) in [6, 6.07) is 8.04. The van der Waals surface area contributed by atoms with Crippen molar-refractivity contribution in [1.82, 2.24) is 4.98 Å². The molecule has 2 N–H and O–H groups in total. The van der Waals surface area contributed by atoms with Gasteiger partial charge in [-0.15, -0.1) is 0 Å². The summed E-state index contributed by atoms with van der Waals surface area (Å²) in [4.78, 5) is 3.86. The molecule has 0 aliphatic rings. The van der Waals surface area contributed by atoms with E-state index in [2.05, 4.69) is 4.98 Å². The Morgan fingerprint density at radius 1 is 1.29 bits per heavy atom. The zero-order valence-corrected chi connectivity index (χ0v) is 10.7. The van der Waals surface area contributed by atoms with Gasteiger partial charge in [0.05, 0.1) is 11.3 Å². The number of anilines is 1. The van der Waals surface area contributed by atoms with Crippen molar-refractivity contribution in [2.45, 2.75) is 12.8 Å². The molecule has 4 nitrogen and oxygen atoms in total. The minimum absolute atomic E-state index is 0.00764. The molecule has 0 atom stereocenters. The number of nitrogen functional groups attached to an aromatic ring is 1. The molecule has 0 saturated heterocycles. The van der Waals surface area contributed by atoms with Crippen molar-refractivity contribution in [2.24, 2.45) is 0 Å². The Bertz CT molecular complexity index is 693. The Morgan fingerprint density at radius 2 is 2.05 bits per heavy atom. The Labute approximate surface area is 118 Å². The topological polar surface area (TPSA) is 71.9 Å². The largest absolute Gasteiger partial charge is 0.487 e. The first-order valence-corrected chi connectivity index (χ1v) is 5.85. The molecule has 0 aliphatic carbocycles. The minimum Gasteiger partial charge on any atom is -0.487 e. The number of aromatic nitrogens is 1. The molecule has 1 aromatic carbocycles. The van der Waals surface area contributed by atoms with Gasteiger partial charge in [-0.3, -0.25) is 0 Å². The number of pyridine rings is 1. The zero-order chi connectivity index (χ0) is 15.5. The molecular formula is C14H10F3N3O. The molecule has 0 unspecified atom stereocenters. The molecule has 108 valence electrons. The van der Waals surface area contributed by atoms with Crippen molar-refractivity contribution >= 4 is 5.69 Å². The lowest BCUT2D eigenvalue weighted by Gasteiger charge is -2.12. The van der Waals surface area contributed by atoms with E-state index in [1.165, 1.54) is 6.20 Å². The summed E-state index contributed by atoms with van der Waals surface area (Å²) in [6.07, 6.45) is -2.99. The van der Waals surface area contributed by atoms with Gasteiger partial charge in [-0.1, -0.05) is 6.07 Å². The maximum atomic E-state index is 12.5. The minimum atomic E-state index is -4.45. The van der Waals surface area contributed by atoms with Gasteiger partial charge in [0.2, 0.25) is 0 Å². The van der Waals surface area contributed by atoms with Crippen molar-refractivity contribution in [3.05, 3.63) is 53.3 Å². The predicted octanol–water partition coefficient (Wildman–Crippen LogP) is 3.13. The van der Waals surface area contributed by atoms with Crippen LogP contribution in [0.15, 0.2) is 36.5 Å². The smallest absolute Gasteiger partial charge is 0.416 e. The Morgan fingerprint density at radius 3 is 2.67 bits per heavy atom. The molecular weight excluding hydrogens is 283 g/mol. The number of rotatable bonds is 3. The third kappa shape index (κ3) is 3.42. The lowest BCUT2D eigenvalue weighted by molar-refractivity contribution is -0.137. The number of halogens is 3. The normalized spacial score (nSPS) is 11.0. The van der Waals surface area contributed by atoms with Crippen LogP contribution < -0.4 is 10.5 Å². The van der Waals surface area contributed by atoms with Gasteiger partial charge in [0.25, 0.3) is 0 Å². The average Bonchev–Trinajstić information content (AvgIpc) is 2.45. The van der Waals surface area contributed by atoms with Gasteiger partial charge in [0.15, 0.2) is 0 Å². The van der Waals surface area contributed by atoms with Crippen LogP contribution >= 0.6 is 0 Å². The predicted molar refractivity (Wildman–Crippen MR) is 69.1 cm³/mol. The molecule has 1 heterocycles. The van der Waals surface area contributed by atoms with Gasteiger partial charge in [0, 0.05) is 11.8 Å². The summed E-state index contributed by atoms with van der Waals surface area (Å²) < 4.78 is 42.9. The zero-order valence-electron chi connectivity index (χ0n) is 10.7. The lowest BCUT2D eigenvalue weighted by atomic mass is 10.2. The first-order chi connectivity index (χ1) is 9.91. The highest BCUT2D eigenvalue weighted by atomic mass is 19.4. The third-order valence-corrected chi connectivity index (χ3v) is 2.72. The van der Waals surface area contributed by atoms with E-state index in [1.807, 2.05) is 6.07 Å². The van der Waals surface area contributed by atoms with Crippen molar-refractivity contribution in [3.63, 3.8) is 0 Å². The molecule has 0 amide bonds. The molecule has 0 fully saturated rings. The fraction of sp³-hybridized carbons (Fsp3) is 0.143. The summed E-state index contributed by atoms with van der Waals surface area (Å²) in [6.45, 7) is -0.00764. The summed E-state index contributed by atoms with van der Waals surface area (Å²) in [7, 11) is 0. The van der Waals surface area contributed by atoms with Crippen LogP contribution in [0.3, 0.4) is 0 Å². The quantitative estimate of drug-likeness (QED) is 0.882. The van der Waals surface area contributed by atoms with Crippen LogP contribution in [0.25, 0.3) is 0 Å². The van der Waals surface area contributed by atoms with E-state index in [0.29, 0.717) is 5.56 Å². The van der Waals surface area contributed by atoms with Crippen molar-refractivity contribution in [3.8, 4) is 11.8 Å². The van der Waals surface area contributed by atoms with E-state index in [0.717, 1.165) is 18.2 Å². The summed E-state index contributed by atoms with van der Waals surface area (Å²) >= 11 is 0. The second kappa shape index (κ2) is 5.71. The van der Waals surface area contributed by atoms with Crippen LogP contribution in [0.4, 0.5) is 18.9 Å². The van der Waals surface area contributed by atoms with Gasteiger partial charge >= 0.3 is 6.18 Å². The maximum absolute atomic E-state index is 12.5. The standard InChI is InChI=1S/C14H10F3N3O/c15-14(16,17)10-3-4-13(11(19)6-10)21-8-9-2-1-5-20-12(9)7-18/h1-6H,8,19H2. The molecule has 0 aliphatic heterocycles. The van der Waals surface area contributed by atoms with E-state index in [9.17, 15) is 13.2 Å². The van der Waals surface area contributed by atoms with E-state index in [4.69, 9.17) is 15.7 Å². The molecule has 1 aromatic heterocycles. The highest BCUT2D eigenvalue weighted by Gasteiger charge is 2.30. The number of hydrogen-bond donors (Lipinski definition) is 1. The number of nitrogens with zero attached hydrogens (tertiary/aromatic N) is 2. The Hall–Kier alpha value is -2.75. The first-order valence-electron chi connectivity index (χ1n) is 5.85. The van der Waals surface area contributed by atoms with Gasteiger partial charge in [-0.25, -0.2) is 4.98 Å². The van der Waals surface area contributed by atoms with Crippen LogP contribution in [-0.4, -0.2) is 4.98 Å². The number of hydrogen-bond acceptors (Lipinski definition) is 4. The average molecular weight is 293 g/mol. The molecule has 0 saturated carbocycles. The third-order valence-electron chi connectivity index (χ3n) is 2.72. The first kappa shape index (κ1) is 14.7. The lowest BCUT2D eigenvalue weighted by Crippen LogP contribution is -2.07. The van der Waals surface area contributed by atoms with Crippen LogP contribution in [0.5, 0.6) is 5.75 Å². The monoisotopic (exact) mass is 293 g/mol. The van der Waals surface area contributed by atoms with Crippen molar-refractivity contribution < 1.29 is 17.9 Å². The van der Waals surface area contributed by atoms with Crippen molar-refractivity contribution in [2.75, 3.05) is 5.73 Å². The number of ether oxygens (including phenoxy) is 1. The molecule has 2 rings (SSSR count). The van der Waals surface area contributed by atoms with E-state index in [1.54, 1.807) is 12.1 Å². The fourth-order valence-electron chi connectivity index (χ4n) is 1.67. The molecule has 0 spiro atoms. The van der Waals surface area contributed by atoms with Gasteiger partial charge in [0.1, 0.15) is 24.1 Å². The van der Waals surface area contributed by atoms with Crippen LogP contribution in [0.2, 0.25) is 0 Å². The molecule has 7 heteroatoms. The fourth-order valence-corrected chi connectivity index (χ4v) is 1.67. The second-order valence-corrected chi connectivity index (χ2v) is 4.16.